The maximum atomic E-state index is 10.1. The summed E-state index contributed by atoms with van der Waals surface area (Å²) in [5, 5.41) is 14.5. The van der Waals surface area contributed by atoms with Crippen molar-refractivity contribution < 1.29 is 9.84 Å². The SMILES string of the molecule is OC(CNCC1CCOCC1)c1cc(Cl)cc(Cl)c1. The van der Waals surface area contributed by atoms with Crippen LogP contribution in [0.1, 0.15) is 24.5 Å². The standard InChI is InChI=1S/C14H19Cl2NO2/c15-12-5-11(6-13(16)7-12)14(18)9-17-8-10-1-3-19-4-2-10/h5-7,10,14,17-18H,1-4,8-9H2. The first-order valence-electron chi connectivity index (χ1n) is 6.57. The fourth-order valence-electron chi connectivity index (χ4n) is 2.26. The largest absolute Gasteiger partial charge is 0.387 e. The van der Waals surface area contributed by atoms with Crippen LogP contribution in [-0.2, 0) is 4.74 Å². The van der Waals surface area contributed by atoms with E-state index in [9.17, 15) is 5.11 Å². The molecule has 1 saturated heterocycles. The molecule has 0 spiro atoms. The molecule has 1 aromatic carbocycles. The van der Waals surface area contributed by atoms with Gasteiger partial charge in [-0.2, -0.15) is 0 Å². The van der Waals surface area contributed by atoms with Gasteiger partial charge in [0.25, 0.3) is 0 Å². The van der Waals surface area contributed by atoms with Gasteiger partial charge < -0.3 is 15.2 Å². The first-order chi connectivity index (χ1) is 9.15. The Hall–Kier alpha value is -0.320. The first kappa shape index (κ1) is 15.1. The van der Waals surface area contributed by atoms with Gasteiger partial charge in [0.1, 0.15) is 0 Å². The minimum absolute atomic E-state index is 0.508. The second-order valence-electron chi connectivity index (χ2n) is 4.93. The maximum Gasteiger partial charge on any atom is 0.0915 e. The molecule has 19 heavy (non-hydrogen) atoms. The molecule has 3 nitrogen and oxygen atoms in total. The smallest absolute Gasteiger partial charge is 0.0915 e. The Balaban J connectivity index is 1.78. The van der Waals surface area contributed by atoms with Crippen LogP contribution in [0.3, 0.4) is 0 Å². The normalized spacial score (nSPS) is 18.5. The van der Waals surface area contributed by atoms with Crippen LogP contribution in [0, 0.1) is 5.92 Å². The lowest BCUT2D eigenvalue weighted by atomic mass is 10.0. The van der Waals surface area contributed by atoms with E-state index in [0.29, 0.717) is 22.5 Å². The van der Waals surface area contributed by atoms with Crippen molar-refractivity contribution in [3.8, 4) is 0 Å². The maximum absolute atomic E-state index is 10.1. The van der Waals surface area contributed by atoms with Gasteiger partial charge in [-0.3, -0.25) is 0 Å². The van der Waals surface area contributed by atoms with Crippen molar-refractivity contribution in [3.63, 3.8) is 0 Å². The summed E-state index contributed by atoms with van der Waals surface area (Å²) in [7, 11) is 0. The zero-order chi connectivity index (χ0) is 13.7. The lowest BCUT2D eigenvalue weighted by Crippen LogP contribution is -2.30. The van der Waals surface area contributed by atoms with Crippen molar-refractivity contribution in [2.24, 2.45) is 5.92 Å². The van der Waals surface area contributed by atoms with E-state index in [1.54, 1.807) is 18.2 Å². The van der Waals surface area contributed by atoms with Crippen molar-refractivity contribution in [1.82, 2.24) is 5.32 Å². The fourth-order valence-corrected chi connectivity index (χ4v) is 2.80. The average Bonchev–Trinajstić information content (AvgIpc) is 2.38. The second-order valence-corrected chi connectivity index (χ2v) is 5.81. The second kappa shape index (κ2) is 7.46. The van der Waals surface area contributed by atoms with Crippen LogP contribution in [-0.4, -0.2) is 31.4 Å². The van der Waals surface area contributed by atoms with E-state index in [0.717, 1.165) is 38.2 Å². The predicted octanol–water partition coefficient (Wildman–Crippen LogP) is 3.04. The van der Waals surface area contributed by atoms with Gasteiger partial charge in [0.2, 0.25) is 0 Å². The number of rotatable bonds is 5. The third-order valence-corrected chi connectivity index (χ3v) is 3.82. The zero-order valence-corrected chi connectivity index (χ0v) is 12.3. The van der Waals surface area contributed by atoms with Gasteiger partial charge in [-0.05, 0) is 49.1 Å². The summed E-state index contributed by atoms with van der Waals surface area (Å²) < 4.78 is 5.32. The van der Waals surface area contributed by atoms with Crippen LogP contribution in [0.5, 0.6) is 0 Å². The number of hydrogen-bond donors (Lipinski definition) is 2. The van der Waals surface area contributed by atoms with Crippen molar-refractivity contribution in [2.75, 3.05) is 26.3 Å². The van der Waals surface area contributed by atoms with Crippen molar-refractivity contribution in [1.29, 1.82) is 0 Å². The van der Waals surface area contributed by atoms with Crippen LogP contribution in [0.4, 0.5) is 0 Å². The van der Waals surface area contributed by atoms with Gasteiger partial charge >= 0.3 is 0 Å². The summed E-state index contributed by atoms with van der Waals surface area (Å²) >= 11 is 11.8. The highest BCUT2D eigenvalue weighted by Gasteiger charge is 2.14. The van der Waals surface area contributed by atoms with Gasteiger partial charge in [0, 0.05) is 29.8 Å². The van der Waals surface area contributed by atoms with Crippen LogP contribution < -0.4 is 5.32 Å². The molecule has 1 unspecified atom stereocenters. The van der Waals surface area contributed by atoms with Crippen molar-refractivity contribution >= 4 is 23.2 Å². The molecule has 0 aromatic heterocycles. The van der Waals surface area contributed by atoms with Crippen LogP contribution in [0.2, 0.25) is 10.0 Å². The molecule has 0 saturated carbocycles. The number of hydrogen-bond acceptors (Lipinski definition) is 3. The van der Waals surface area contributed by atoms with E-state index >= 15 is 0 Å². The Bertz CT molecular complexity index is 388. The number of aliphatic hydroxyl groups is 1. The van der Waals surface area contributed by atoms with E-state index in [-0.39, 0.29) is 0 Å². The highest BCUT2D eigenvalue weighted by Crippen LogP contribution is 2.23. The Morgan fingerprint density at radius 3 is 2.47 bits per heavy atom. The quantitative estimate of drug-likeness (QED) is 0.878. The third-order valence-electron chi connectivity index (χ3n) is 3.38. The summed E-state index contributed by atoms with van der Waals surface area (Å²) in [6, 6.07) is 5.15. The van der Waals surface area contributed by atoms with Crippen molar-refractivity contribution in [3.05, 3.63) is 33.8 Å². The molecule has 5 heteroatoms. The third kappa shape index (κ3) is 4.93. The van der Waals surface area contributed by atoms with E-state index < -0.39 is 6.10 Å². The number of aliphatic hydroxyl groups excluding tert-OH is 1. The van der Waals surface area contributed by atoms with Crippen molar-refractivity contribution in [2.45, 2.75) is 18.9 Å². The Kier molecular flexibility index (Phi) is 5.92. The van der Waals surface area contributed by atoms with Crippen LogP contribution >= 0.6 is 23.2 Å². The molecule has 0 radical (unpaired) electrons. The first-order valence-corrected chi connectivity index (χ1v) is 7.33. The number of halogens is 2. The van der Waals surface area contributed by atoms with Gasteiger partial charge in [0.05, 0.1) is 6.10 Å². The fraction of sp³-hybridized carbons (Fsp3) is 0.571. The molecule has 0 bridgehead atoms. The van der Waals surface area contributed by atoms with E-state index in [2.05, 4.69) is 5.32 Å². The van der Waals surface area contributed by atoms with E-state index in [1.165, 1.54) is 0 Å². The molecular weight excluding hydrogens is 285 g/mol. The lowest BCUT2D eigenvalue weighted by Gasteiger charge is -2.23. The summed E-state index contributed by atoms with van der Waals surface area (Å²) in [5.41, 5.74) is 0.747. The molecule has 2 rings (SSSR count). The average molecular weight is 304 g/mol. The molecule has 1 aliphatic rings. The Morgan fingerprint density at radius 2 is 1.84 bits per heavy atom. The summed E-state index contributed by atoms with van der Waals surface area (Å²) in [4.78, 5) is 0. The van der Waals surface area contributed by atoms with E-state index in [4.69, 9.17) is 27.9 Å². The highest BCUT2D eigenvalue weighted by atomic mass is 35.5. The molecule has 1 aromatic rings. The number of nitrogens with one attached hydrogen (secondary N) is 1. The van der Waals surface area contributed by atoms with Gasteiger partial charge in [-0.15, -0.1) is 0 Å². The summed E-state index contributed by atoms with van der Waals surface area (Å²) in [6.45, 7) is 3.11. The topological polar surface area (TPSA) is 41.5 Å². The molecule has 0 aliphatic carbocycles. The molecule has 106 valence electrons. The van der Waals surface area contributed by atoms with Gasteiger partial charge in [-0.25, -0.2) is 0 Å². The monoisotopic (exact) mass is 303 g/mol. The Labute approximate surface area is 123 Å². The molecule has 1 atom stereocenters. The summed E-state index contributed by atoms with van der Waals surface area (Å²) in [6.07, 6.45) is 1.59. The number of ether oxygens (including phenoxy) is 1. The molecule has 2 N–H and O–H groups in total. The van der Waals surface area contributed by atoms with Gasteiger partial charge in [-0.1, -0.05) is 23.2 Å². The number of benzene rings is 1. The minimum Gasteiger partial charge on any atom is -0.387 e. The van der Waals surface area contributed by atoms with Gasteiger partial charge in [0.15, 0.2) is 0 Å². The highest BCUT2D eigenvalue weighted by molar-refractivity contribution is 6.34. The molecular formula is C14H19Cl2NO2. The molecule has 1 heterocycles. The van der Waals surface area contributed by atoms with E-state index in [1.807, 2.05) is 0 Å². The molecule has 0 amide bonds. The predicted molar refractivity (Wildman–Crippen MR) is 77.8 cm³/mol. The zero-order valence-electron chi connectivity index (χ0n) is 10.7. The summed E-state index contributed by atoms with van der Waals surface area (Å²) in [5.74, 6) is 0.642. The lowest BCUT2D eigenvalue weighted by molar-refractivity contribution is 0.0649. The van der Waals surface area contributed by atoms with Crippen LogP contribution in [0.25, 0.3) is 0 Å². The Morgan fingerprint density at radius 1 is 1.21 bits per heavy atom. The molecule has 1 fully saturated rings. The van der Waals surface area contributed by atoms with Crippen LogP contribution in [0.15, 0.2) is 18.2 Å². The molecule has 1 aliphatic heterocycles. The minimum atomic E-state index is -0.587.